The van der Waals surface area contributed by atoms with Crippen LogP contribution in [-0.4, -0.2) is 10.2 Å². The maximum Gasteiger partial charge on any atom is 0.118 e. The lowest BCUT2D eigenvalue weighted by atomic mass is 9.82. The molecule has 0 amide bonds. The third-order valence-electron chi connectivity index (χ3n) is 4.24. The molecule has 1 aromatic carbocycles. The van der Waals surface area contributed by atoms with Crippen LogP contribution in [0.2, 0.25) is 0 Å². The van der Waals surface area contributed by atoms with Gasteiger partial charge in [0.05, 0.1) is 12.5 Å². The van der Waals surface area contributed by atoms with Crippen molar-refractivity contribution in [3.05, 3.63) is 28.8 Å². The van der Waals surface area contributed by atoms with Gasteiger partial charge in [0.15, 0.2) is 0 Å². The second kappa shape index (κ2) is 3.75. The third kappa shape index (κ3) is 1.44. The maximum absolute atomic E-state index is 10.8. The molecule has 2 rings (SSSR count). The molecule has 17 heavy (non-hydrogen) atoms. The SMILES string of the molecule is Cc1c(O)ccc2c1C(O)(CC#N)C(C)C2C. The van der Waals surface area contributed by atoms with Gasteiger partial charge >= 0.3 is 0 Å². The lowest BCUT2D eigenvalue weighted by Gasteiger charge is -2.28. The van der Waals surface area contributed by atoms with E-state index in [9.17, 15) is 10.2 Å². The first-order valence-corrected chi connectivity index (χ1v) is 5.85. The van der Waals surface area contributed by atoms with E-state index in [0.29, 0.717) is 5.56 Å². The summed E-state index contributed by atoms with van der Waals surface area (Å²) in [4.78, 5) is 0. The molecule has 0 saturated carbocycles. The second-order valence-electron chi connectivity index (χ2n) is 5.01. The molecule has 0 aliphatic heterocycles. The lowest BCUT2D eigenvalue weighted by Crippen LogP contribution is -2.30. The minimum Gasteiger partial charge on any atom is -0.508 e. The highest BCUT2D eigenvalue weighted by atomic mass is 16.3. The molecule has 0 aromatic heterocycles. The van der Waals surface area contributed by atoms with Crippen LogP contribution in [0.1, 0.15) is 42.9 Å². The molecule has 3 nitrogen and oxygen atoms in total. The fourth-order valence-corrected chi connectivity index (χ4v) is 2.96. The number of aliphatic hydroxyl groups is 1. The molecule has 0 radical (unpaired) electrons. The molecule has 0 saturated heterocycles. The minimum absolute atomic E-state index is 0.0161. The topological polar surface area (TPSA) is 64.2 Å². The van der Waals surface area contributed by atoms with E-state index < -0.39 is 5.60 Å². The van der Waals surface area contributed by atoms with Crippen LogP contribution in [0.3, 0.4) is 0 Å². The molecular formula is C14H17NO2. The Morgan fingerprint density at radius 3 is 2.65 bits per heavy atom. The van der Waals surface area contributed by atoms with Gasteiger partial charge in [-0.2, -0.15) is 5.26 Å². The van der Waals surface area contributed by atoms with Crippen molar-refractivity contribution in [1.29, 1.82) is 5.26 Å². The molecule has 2 N–H and O–H groups in total. The molecule has 1 aromatic rings. The van der Waals surface area contributed by atoms with Gasteiger partial charge in [-0.25, -0.2) is 0 Å². The summed E-state index contributed by atoms with van der Waals surface area (Å²) in [6.45, 7) is 5.80. The smallest absolute Gasteiger partial charge is 0.118 e. The fraction of sp³-hybridized carbons (Fsp3) is 0.500. The van der Waals surface area contributed by atoms with Crippen LogP contribution in [0.5, 0.6) is 5.75 Å². The van der Waals surface area contributed by atoms with Gasteiger partial charge in [-0.15, -0.1) is 0 Å². The van der Waals surface area contributed by atoms with Crippen molar-refractivity contribution in [2.75, 3.05) is 0 Å². The number of hydrogen-bond donors (Lipinski definition) is 2. The van der Waals surface area contributed by atoms with Gasteiger partial charge in [0, 0.05) is 0 Å². The minimum atomic E-state index is -1.13. The molecule has 0 bridgehead atoms. The summed E-state index contributed by atoms with van der Waals surface area (Å²) in [7, 11) is 0. The lowest BCUT2D eigenvalue weighted by molar-refractivity contribution is -0.00685. The Hall–Kier alpha value is -1.53. The average molecular weight is 231 g/mol. The highest BCUT2D eigenvalue weighted by Gasteiger charge is 2.48. The Morgan fingerprint density at radius 2 is 2.06 bits per heavy atom. The van der Waals surface area contributed by atoms with E-state index in [1.54, 1.807) is 13.0 Å². The first kappa shape index (κ1) is 11.9. The van der Waals surface area contributed by atoms with Crippen molar-refractivity contribution in [2.45, 2.75) is 38.7 Å². The van der Waals surface area contributed by atoms with E-state index in [1.165, 1.54) is 0 Å². The summed E-state index contributed by atoms with van der Waals surface area (Å²) in [5.74, 6) is 0.363. The standard InChI is InChI=1S/C14H17NO2/c1-8-10(3)14(17,6-7-15)13-9(2)12(16)5-4-11(8)13/h4-5,8,10,16-17H,6H2,1-3H3. The zero-order valence-electron chi connectivity index (χ0n) is 10.4. The van der Waals surface area contributed by atoms with Gasteiger partial charge < -0.3 is 10.2 Å². The van der Waals surface area contributed by atoms with Crippen molar-refractivity contribution in [3.8, 4) is 11.8 Å². The van der Waals surface area contributed by atoms with Gasteiger partial charge in [-0.3, -0.25) is 0 Å². The summed E-state index contributed by atoms with van der Waals surface area (Å²) in [6.07, 6.45) is 0.0653. The number of nitriles is 1. The van der Waals surface area contributed by atoms with E-state index in [-0.39, 0.29) is 24.0 Å². The summed E-state index contributed by atoms with van der Waals surface area (Å²) in [5, 5.41) is 29.4. The molecule has 0 fully saturated rings. The number of benzene rings is 1. The molecule has 0 heterocycles. The van der Waals surface area contributed by atoms with E-state index >= 15 is 0 Å². The molecule has 0 spiro atoms. The van der Waals surface area contributed by atoms with E-state index in [1.807, 2.05) is 13.0 Å². The fourth-order valence-electron chi connectivity index (χ4n) is 2.96. The number of phenols is 1. The second-order valence-corrected chi connectivity index (χ2v) is 5.01. The predicted molar refractivity (Wildman–Crippen MR) is 64.5 cm³/mol. The Morgan fingerprint density at radius 1 is 1.41 bits per heavy atom. The quantitative estimate of drug-likeness (QED) is 0.780. The van der Waals surface area contributed by atoms with E-state index in [0.717, 1.165) is 11.1 Å². The zero-order valence-corrected chi connectivity index (χ0v) is 10.4. The highest BCUT2D eigenvalue weighted by molar-refractivity contribution is 5.52. The highest BCUT2D eigenvalue weighted by Crippen LogP contribution is 2.52. The Balaban J connectivity index is 2.71. The van der Waals surface area contributed by atoms with Crippen LogP contribution in [-0.2, 0) is 5.60 Å². The molecule has 3 unspecified atom stereocenters. The van der Waals surface area contributed by atoms with Crippen LogP contribution in [0.25, 0.3) is 0 Å². The van der Waals surface area contributed by atoms with Crippen molar-refractivity contribution >= 4 is 0 Å². The van der Waals surface area contributed by atoms with Gasteiger partial charge in [-0.1, -0.05) is 19.9 Å². The van der Waals surface area contributed by atoms with E-state index in [4.69, 9.17) is 5.26 Å². The predicted octanol–water partition coefficient (Wildman–Crippen LogP) is 2.56. The number of hydrogen-bond acceptors (Lipinski definition) is 3. The number of phenolic OH excluding ortho intramolecular Hbond substituents is 1. The van der Waals surface area contributed by atoms with Gasteiger partial charge in [0.1, 0.15) is 11.4 Å². The van der Waals surface area contributed by atoms with Gasteiger partial charge in [0.25, 0.3) is 0 Å². The van der Waals surface area contributed by atoms with Crippen molar-refractivity contribution in [1.82, 2.24) is 0 Å². The van der Waals surface area contributed by atoms with Gasteiger partial charge in [-0.05, 0) is 41.5 Å². The first-order valence-electron chi connectivity index (χ1n) is 5.85. The van der Waals surface area contributed by atoms with Crippen molar-refractivity contribution in [2.24, 2.45) is 5.92 Å². The molecular weight excluding hydrogens is 214 g/mol. The number of rotatable bonds is 1. The van der Waals surface area contributed by atoms with E-state index in [2.05, 4.69) is 13.0 Å². The summed E-state index contributed by atoms with van der Waals surface area (Å²) in [5.41, 5.74) is 1.35. The van der Waals surface area contributed by atoms with Crippen LogP contribution in [0.15, 0.2) is 12.1 Å². The average Bonchev–Trinajstić information content (AvgIpc) is 2.47. The Kier molecular flexibility index (Phi) is 2.63. The molecule has 90 valence electrons. The molecule has 1 aliphatic carbocycles. The number of fused-ring (bicyclic) bond motifs is 1. The van der Waals surface area contributed by atoms with Crippen molar-refractivity contribution in [3.63, 3.8) is 0 Å². The normalized spacial score (nSPS) is 31.0. The third-order valence-corrected chi connectivity index (χ3v) is 4.24. The van der Waals surface area contributed by atoms with Crippen LogP contribution in [0, 0.1) is 24.2 Å². The van der Waals surface area contributed by atoms with Crippen LogP contribution < -0.4 is 0 Å². The van der Waals surface area contributed by atoms with Crippen molar-refractivity contribution < 1.29 is 10.2 Å². The monoisotopic (exact) mass is 231 g/mol. The number of aromatic hydroxyl groups is 1. The van der Waals surface area contributed by atoms with Crippen LogP contribution in [0.4, 0.5) is 0 Å². The molecule has 3 heteroatoms. The summed E-state index contributed by atoms with van der Waals surface area (Å²) >= 11 is 0. The largest absolute Gasteiger partial charge is 0.508 e. The maximum atomic E-state index is 10.8. The number of nitrogens with zero attached hydrogens (tertiary/aromatic N) is 1. The molecule has 1 aliphatic rings. The zero-order chi connectivity index (χ0) is 12.8. The Bertz CT molecular complexity index is 504. The van der Waals surface area contributed by atoms with Crippen LogP contribution >= 0.6 is 0 Å². The summed E-state index contributed by atoms with van der Waals surface area (Å²) in [6, 6.07) is 5.57. The summed E-state index contributed by atoms with van der Waals surface area (Å²) < 4.78 is 0. The Labute approximate surface area is 101 Å². The first-order chi connectivity index (χ1) is 7.93. The molecule has 3 atom stereocenters. The van der Waals surface area contributed by atoms with Gasteiger partial charge in [0.2, 0.25) is 0 Å².